The van der Waals surface area contributed by atoms with E-state index >= 15 is 0 Å². The largest absolute Gasteiger partial charge is 0.468 e. The topological polar surface area (TPSA) is 105 Å². The maximum absolute atomic E-state index is 12.5. The van der Waals surface area contributed by atoms with Gasteiger partial charge >= 0.3 is 23.9 Å². The number of benzene rings is 1. The molecule has 9 heteroatoms. The number of methoxy groups -OCH3 is 4. The van der Waals surface area contributed by atoms with Crippen LogP contribution in [0.15, 0.2) is 30.3 Å². The summed E-state index contributed by atoms with van der Waals surface area (Å²) < 4.78 is 16.7. The van der Waals surface area contributed by atoms with Gasteiger partial charge in [0, 0.05) is 5.92 Å². The molecule has 0 amide bonds. The van der Waals surface area contributed by atoms with Crippen molar-refractivity contribution in [3.8, 4) is 0 Å². The Balaban J connectivity index is 3.77. The minimum atomic E-state index is -2.19. The lowest BCUT2D eigenvalue weighted by Gasteiger charge is -2.34. The molecule has 0 unspecified atom stereocenters. The van der Waals surface area contributed by atoms with E-state index < -0.39 is 40.0 Å². The molecule has 26 heavy (non-hydrogen) atoms. The highest BCUT2D eigenvalue weighted by Crippen LogP contribution is 2.44. The summed E-state index contributed by atoms with van der Waals surface area (Å²) in [5.74, 6) is -7.05. The Morgan fingerprint density at radius 2 is 1.23 bits per heavy atom. The van der Waals surface area contributed by atoms with E-state index in [9.17, 15) is 19.2 Å². The molecule has 142 valence electrons. The van der Waals surface area contributed by atoms with Gasteiger partial charge < -0.3 is 18.9 Å². The zero-order valence-corrected chi connectivity index (χ0v) is 16.3. The number of carbonyl (C=O) groups is 4. The first-order valence-corrected chi connectivity index (χ1v) is 8.15. The minimum Gasteiger partial charge on any atom is -0.468 e. The average Bonchev–Trinajstić information content (AvgIpc) is 2.69. The third-order valence-corrected chi connectivity index (χ3v) is 4.94. The summed E-state index contributed by atoms with van der Waals surface area (Å²) in [6, 6.07) is 8.03. The summed E-state index contributed by atoms with van der Waals surface area (Å²) in [5, 5.41) is 0. The predicted molar refractivity (Wildman–Crippen MR) is 92.4 cm³/mol. The zero-order valence-electron chi connectivity index (χ0n) is 14.7. The summed E-state index contributed by atoms with van der Waals surface area (Å²) in [5.41, 5.74) is 0.320. The van der Waals surface area contributed by atoms with Crippen LogP contribution in [-0.2, 0) is 38.1 Å². The van der Waals surface area contributed by atoms with E-state index in [0.29, 0.717) is 5.56 Å². The Kier molecular flexibility index (Phi) is 7.76. The van der Waals surface area contributed by atoms with Gasteiger partial charge in [0.05, 0.1) is 28.4 Å². The molecule has 0 N–H and O–H groups in total. The van der Waals surface area contributed by atoms with Gasteiger partial charge in [0.25, 0.3) is 0 Å². The van der Waals surface area contributed by atoms with Crippen molar-refractivity contribution in [3.05, 3.63) is 35.9 Å². The molecule has 0 radical (unpaired) electrons. The summed E-state index contributed by atoms with van der Waals surface area (Å²) in [7, 11) is 4.28. The van der Waals surface area contributed by atoms with E-state index in [4.69, 9.17) is 18.9 Å². The molecule has 0 fully saturated rings. The molecule has 0 aliphatic rings. The molecule has 8 nitrogen and oxygen atoms in total. The summed E-state index contributed by atoms with van der Waals surface area (Å²) in [6.07, 6.45) is 0. The van der Waals surface area contributed by atoms with Crippen molar-refractivity contribution in [1.82, 2.24) is 0 Å². The van der Waals surface area contributed by atoms with Crippen molar-refractivity contribution in [3.63, 3.8) is 0 Å². The molecular formula is C17H19BrO8. The smallest absolute Gasteiger partial charge is 0.334 e. The lowest BCUT2D eigenvalue weighted by Crippen LogP contribution is -2.53. The fraction of sp³-hybridized carbons (Fsp3) is 0.412. The number of hydrogen-bond donors (Lipinski definition) is 0. The Hall–Kier alpha value is -2.42. The molecule has 1 aromatic rings. The quantitative estimate of drug-likeness (QED) is 0.275. The Morgan fingerprint density at radius 1 is 0.808 bits per heavy atom. The highest BCUT2D eigenvalue weighted by molar-refractivity contribution is 9.10. The fourth-order valence-electron chi connectivity index (χ4n) is 2.57. The van der Waals surface area contributed by atoms with Crippen LogP contribution in [0.5, 0.6) is 0 Å². The second-order valence-corrected chi connectivity index (χ2v) is 6.36. The minimum absolute atomic E-state index is 0.320. The van der Waals surface area contributed by atoms with Gasteiger partial charge in [-0.25, -0.2) is 9.59 Å². The summed E-state index contributed by atoms with van der Waals surface area (Å²) >= 11 is 3.07. The number of carbonyl (C=O) groups excluding carboxylic acids is 4. The van der Waals surface area contributed by atoms with Crippen LogP contribution in [0.25, 0.3) is 0 Å². The van der Waals surface area contributed by atoms with E-state index in [-0.39, 0.29) is 0 Å². The molecule has 0 aliphatic heterocycles. The summed E-state index contributed by atoms with van der Waals surface area (Å²) in [6.45, 7) is 0. The number of rotatable bonds is 7. The lowest BCUT2D eigenvalue weighted by molar-refractivity contribution is -0.163. The molecule has 0 aliphatic carbocycles. The molecule has 1 rings (SSSR count). The second-order valence-electron chi connectivity index (χ2n) is 5.11. The Labute approximate surface area is 158 Å². The van der Waals surface area contributed by atoms with Crippen molar-refractivity contribution in [2.75, 3.05) is 28.4 Å². The van der Waals surface area contributed by atoms with E-state index in [1.54, 1.807) is 30.3 Å². The summed E-state index contributed by atoms with van der Waals surface area (Å²) in [4.78, 5) is 49.7. The van der Waals surface area contributed by atoms with Gasteiger partial charge in [0.1, 0.15) is 0 Å². The molecule has 0 bridgehead atoms. The highest BCUT2D eigenvalue weighted by Gasteiger charge is 2.59. The third kappa shape index (κ3) is 4.04. The number of halogens is 1. The average molecular weight is 431 g/mol. The number of alkyl halides is 1. The molecule has 0 saturated heterocycles. The molecule has 0 spiro atoms. The first kappa shape index (κ1) is 21.6. The number of hydrogen-bond acceptors (Lipinski definition) is 8. The van der Waals surface area contributed by atoms with Gasteiger partial charge in [-0.15, -0.1) is 0 Å². The predicted octanol–water partition coefficient (Wildman–Crippen LogP) is 1.21. The van der Waals surface area contributed by atoms with Crippen molar-refractivity contribution in [2.45, 2.75) is 10.2 Å². The zero-order chi connectivity index (χ0) is 19.9. The lowest BCUT2D eigenvalue weighted by atomic mass is 9.76. The van der Waals surface area contributed by atoms with Gasteiger partial charge in [0.15, 0.2) is 5.92 Å². The Morgan fingerprint density at radius 3 is 1.58 bits per heavy atom. The van der Waals surface area contributed by atoms with Crippen LogP contribution in [0.2, 0.25) is 0 Å². The van der Waals surface area contributed by atoms with Crippen molar-refractivity contribution < 1.29 is 38.1 Å². The normalized spacial score (nSPS) is 12.1. The molecule has 0 heterocycles. The van der Waals surface area contributed by atoms with Crippen LogP contribution in [-0.4, -0.2) is 56.6 Å². The van der Waals surface area contributed by atoms with E-state index in [0.717, 1.165) is 28.4 Å². The van der Waals surface area contributed by atoms with Gasteiger partial charge in [-0.05, 0) is 5.56 Å². The Bertz CT molecular complexity index is 641. The van der Waals surface area contributed by atoms with Crippen LogP contribution in [0.1, 0.15) is 11.5 Å². The first-order chi connectivity index (χ1) is 12.3. The monoisotopic (exact) mass is 430 g/mol. The van der Waals surface area contributed by atoms with Crippen molar-refractivity contribution >= 4 is 39.8 Å². The fourth-order valence-corrected chi connectivity index (χ4v) is 3.42. The second kappa shape index (κ2) is 9.33. The molecule has 1 aromatic carbocycles. The van der Waals surface area contributed by atoms with E-state index in [1.165, 1.54) is 0 Å². The molecule has 0 saturated carbocycles. The highest BCUT2D eigenvalue weighted by atomic mass is 79.9. The van der Waals surface area contributed by atoms with Crippen LogP contribution < -0.4 is 0 Å². The molecule has 1 atom stereocenters. The van der Waals surface area contributed by atoms with Gasteiger partial charge in [0.2, 0.25) is 4.32 Å². The van der Waals surface area contributed by atoms with Gasteiger partial charge in [-0.1, -0.05) is 46.3 Å². The van der Waals surface area contributed by atoms with Gasteiger partial charge in [-0.3, -0.25) is 9.59 Å². The molecular weight excluding hydrogens is 412 g/mol. The maximum Gasteiger partial charge on any atom is 0.334 e. The standard InChI is InChI=1S/C17H19BrO8/c1-23-13(19)11(14(20)24-2)12(10-8-6-5-7-9-10)17(18,15(21)25-3)16(22)26-4/h5-9,11-12H,1-4H3/t12-/m0/s1. The van der Waals surface area contributed by atoms with Crippen LogP contribution in [0, 0.1) is 5.92 Å². The van der Waals surface area contributed by atoms with Crippen molar-refractivity contribution in [1.29, 1.82) is 0 Å². The van der Waals surface area contributed by atoms with Crippen LogP contribution >= 0.6 is 15.9 Å². The maximum atomic E-state index is 12.5. The van der Waals surface area contributed by atoms with Crippen LogP contribution in [0.3, 0.4) is 0 Å². The SMILES string of the molecule is COC(=O)C(C(=O)OC)[C@H](c1ccccc1)C(Br)(C(=O)OC)C(=O)OC. The number of esters is 4. The van der Waals surface area contributed by atoms with Gasteiger partial charge in [-0.2, -0.15) is 0 Å². The van der Waals surface area contributed by atoms with E-state index in [2.05, 4.69) is 15.9 Å². The van der Waals surface area contributed by atoms with Crippen molar-refractivity contribution in [2.24, 2.45) is 5.92 Å². The van der Waals surface area contributed by atoms with E-state index in [1.807, 2.05) is 0 Å². The first-order valence-electron chi connectivity index (χ1n) is 7.35. The third-order valence-electron chi connectivity index (χ3n) is 3.80. The van der Waals surface area contributed by atoms with Crippen LogP contribution in [0.4, 0.5) is 0 Å². The molecule has 0 aromatic heterocycles. The number of ether oxygens (including phenoxy) is 4.